The molecule has 0 saturated heterocycles. The maximum Gasteiger partial charge on any atom is 0.321 e. The number of rotatable bonds is 14. The van der Waals surface area contributed by atoms with E-state index in [9.17, 15) is 41.4 Å². The van der Waals surface area contributed by atoms with Crippen LogP contribution in [0, 0.1) is 0 Å². The first kappa shape index (κ1) is 30.1. The molecule has 38 heavy (non-hydrogen) atoms. The molecule has 0 fully saturated rings. The number of thioether (sulfide) groups is 2. The normalized spacial score (nSPS) is 14.5. The van der Waals surface area contributed by atoms with Gasteiger partial charge in [-0.3, -0.25) is 14.4 Å². The van der Waals surface area contributed by atoms with Crippen molar-refractivity contribution in [3.8, 4) is 11.1 Å². The maximum atomic E-state index is 13.2. The number of sulfonamides is 2. The number of carbonyl (C=O) groups is 3. The van der Waals surface area contributed by atoms with Gasteiger partial charge in [0.1, 0.15) is 12.1 Å². The summed E-state index contributed by atoms with van der Waals surface area (Å²) in [5.74, 6) is -2.43. The van der Waals surface area contributed by atoms with Crippen molar-refractivity contribution < 1.29 is 41.4 Å². The number of carboxylic acids is 2. The van der Waals surface area contributed by atoms with E-state index in [0.29, 0.717) is 22.6 Å². The quantitative estimate of drug-likeness (QED) is 0.211. The molecular formula is C23H26N2O9S4. The van der Waals surface area contributed by atoms with E-state index in [-0.39, 0.29) is 33.8 Å². The van der Waals surface area contributed by atoms with Gasteiger partial charge in [0.05, 0.1) is 9.79 Å². The smallest absolute Gasteiger partial charge is 0.321 e. The fraction of sp³-hybridized carbons (Fsp3) is 0.348. The van der Waals surface area contributed by atoms with Gasteiger partial charge in [0.2, 0.25) is 20.0 Å². The third kappa shape index (κ3) is 6.58. The van der Waals surface area contributed by atoms with Crippen LogP contribution in [0.15, 0.2) is 46.2 Å². The minimum absolute atomic E-state index is 0.0183. The Labute approximate surface area is 228 Å². The Balaban J connectivity index is 1.91. The molecule has 15 heteroatoms. The Kier molecular flexibility index (Phi) is 9.65. The number of aliphatic carboxylic acids is 2. The lowest BCUT2D eigenvalue weighted by Crippen LogP contribution is -2.41. The molecule has 2 aromatic carbocycles. The van der Waals surface area contributed by atoms with Gasteiger partial charge >= 0.3 is 11.9 Å². The third-order valence-electron chi connectivity index (χ3n) is 5.79. The van der Waals surface area contributed by atoms with Crippen LogP contribution in [0.1, 0.15) is 28.8 Å². The summed E-state index contributed by atoms with van der Waals surface area (Å²) in [6.07, 6.45) is 3.66. The van der Waals surface area contributed by atoms with Gasteiger partial charge in [-0.1, -0.05) is 12.1 Å². The molecule has 3 rings (SSSR count). The highest BCUT2D eigenvalue weighted by molar-refractivity contribution is 7.98. The Morgan fingerprint density at radius 1 is 0.737 bits per heavy atom. The second-order valence-electron chi connectivity index (χ2n) is 8.33. The van der Waals surface area contributed by atoms with E-state index >= 15 is 0 Å². The lowest BCUT2D eigenvalue weighted by Gasteiger charge is -2.15. The largest absolute Gasteiger partial charge is 0.480 e. The average molecular weight is 603 g/mol. The van der Waals surface area contributed by atoms with Gasteiger partial charge in [0.25, 0.3) is 0 Å². The standard InChI is InChI=1S/C23H26N2O9S4/c1-35-9-7-19(22(27)28)24-37(31,32)13-3-5-15-16-6-4-14(12-18(16)21(26)17(15)11-13)38(33,34)25-20(23(29)30)8-10-36-2/h3-6,11-12,19-20,24-25H,7-10H2,1-2H3,(H,27,28)(H,29,30)/t19-,20-/m1/s1. The Morgan fingerprint density at radius 3 is 1.42 bits per heavy atom. The number of ketones is 1. The monoisotopic (exact) mass is 602 g/mol. The molecular weight excluding hydrogens is 577 g/mol. The maximum absolute atomic E-state index is 13.2. The molecule has 1 aliphatic rings. The van der Waals surface area contributed by atoms with Crippen molar-refractivity contribution in [2.24, 2.45) is 0 Å². The minimum atomic E-state index is -4.28. The first-order valence-corrected chi connectivity index (χ1v) is 16.9. The Morgan fingerprint density at radius 2 is 1.11 bits per heavy atom. The van der Waals surface area contributed by atoms with Crippen molar-refractivity contribution in [3.05, 3.63) is 47.5 Å². The zero-order valence-corrected chi connectivity index (χ0v) is 23.6. The topological polar surface area (TPSA) is 184 Å². The molecule has 0 heterocycles. The van der Waals surface area contributed by atoms with Crippen molar-refractivity contribution in [2.75, 3.05) is 24.0 Å². The average Bonchev–Trinajstić information content (AvgIpc) is 3.14. The predicted octanol–water partition coefficient (Wildman–Crippen LogP) is 1.87. The lowest BCUT2D eigenvalue weighted by molar-refractivity contribution is -0.139. The van der Waals surface area contributed by atoms with E-state index in [4.69, 9.17) is 0 Å². The molecule has 0 radical (unpaired) electrons. The Bertz CT molecular complexity index is 1360. The summed E-state index contributed by atoms with van der Waals surface area (Å²) in [6.45, 7) is 0. The molecule has 0 amide bonds. The van der Waals surface area contributed by atoms with Crippen molar-refractivity contribution in [1.82, 2.24) is 9.44 Å². The van der Waals surface area contributed by atoms with Crippen molar-refractivity contribution in [1.29, 1.82) is 0 Å². The van der Waals surface area contributed by atoms with E-state index in [1.165, 1.54) is 47.8 Å². The summed E-state index contributed by atoms with van der Waals surface area (Å²) in [5.41, 5.74) is 0.817. The minimum Gasteiger partial charge on any atom is -0.480 e. The van der Waals surface area contributed by atoms with Gasteiger partial charge < -0.3 is 10.2 Å². The molecule has 0 spiro atoms. The molecule has 0 bridgehead atoms. The van der Waals surface area contributed by atoms with Gasteiger partial charge in [-0.25, -0.2) is 16.8 Å². The van der Waals surface area contributed by atoms with E-state index in [2.05, 4.69) is 9.44 Å². The second kappa shape index (κ2) is 12.2. The lowest BCUT2D eigenvalue weighted by atomic mass is 10.1. The summed E-state index contributed by atoms with van der Waals surface area (Å²) >= 11 is 2.74. The SMILES string of the molecule is CSCC[C@@H](NS(=O)(=O)c1ccc2c(c1)C(=O)c1cc(S(=O)(=O)N[C@H](CCSC)C(=O)O)ccc1-2)C(=O)O. The number of nitrogens with one attached hydrogen (secondary N) is 2. The second-order valence-corrected chi connectivity index (χ2v) is 13.7. The number of benzene rings is 2. The molecule has 4 N–H and O–H groups in total. The van der Waals surface area contributed by atoms with Crippen molar-refractivity contribution >= 4 is 61.3 Å². The molecule has 0 aromatic heterocycles. The highest BCUT2D eigenvalue weighted by atomic mass is 32.2. The number of hydrogen-bond donors (Lipinski definition) is 4. The number of carboxylic acid groups (broad SMARTS) is 2. The fourth-order valence-corrected chi connectivity index (χ4v) is 7.26. The van der Waals surface area contributed by atoms with Gasteiger partial charge in [-0.15, -0.1) is 0 Å². The van der Waals surface area contributed by atoms with Crippen LogP contribution in [0.4, 0.5) is 0 Å². The molecule has 206 valence electrons. The van der Waals surface area contributed by atoms with E-state index in [0.717, 1.165) is 12.1 Å². The number of carbonyl (C=O) groups excluding carboxylic acids is 1. The molecule has 2 aromatic rings. The summed E-state index contributed by atoms with van der Waals surface area (Å²) in [7, 11) is -8.57. The van der Waals surface area contributed by atoms with Gasteiger partial charge in [0.15, 0.2) is 5.78 Å². The molecule has 2 atom stereocenters. The highest BCUT2D eigenvalue weighted by Crippen LogP contribution is 2.38. The van der Waals surface area contributed by atoms with Gasteiger partial charge in [-0.2, -0.15) is 33.0 Å². The zero-order chi connectivity index (χ0) is 28.3. The van der Waals surface area contributed by atoms with E-state index < -0.39 is 49.9 Å². The van der Waals surface area contributed by atoms with E-state index in [1.54, 1.807) is 12.5 Å². The van der Waals surface area contributed by atoms with Crippen LogP contribution in [-0.4, -0.2) is 80.9 Å². The molecule has 1 aliphatic carbocycles. The number of hydrogen-bond acceptors (Lipinski definition) is 9. The van der Waals surface area contributed by atoms with Crippen molar-refractivity contribution in [3.63, 3.8) is 0 Å². The summed E-state index contributed by atoms with van der Waals surface area (Å²) in [4.78, 5) is 35.5. The van der Waals surface area contributed by atoms with Crippen LogP contribution in [0.5, 0.6) is 0 Å². The summed E-state index contributed by atoms with van der Waals surface area (Å²) < 4.78 is 55.8. The van der Waals surface area contributed by atoms with Crippen LogP contribution >= 0.6 is 23.5 Å². The summed E-state index contributed by atoms with van der Waals surface area (Å²) in [6, 6.07) is 4.85. The molecule has 0 saturated carbocycles. The van der Waals surface area contributed by atoms with Gasteiger partial charge in [0, 0.05) is 11.1 Å². The number of fused-ring (bicyclic) bond motifs is 3. The zero-order valence-electron chi connectivity index (χ0n) is 20.3. The van der Waals surface area contributed by atoms with Crippen LogP contribution < -0.4 is 9.44 Å². The first-order valence-electron chi connectivity index (χ1n) is 11.1. The first-order chi connectivity index (χ1) is 17.8. The van der Waals surface area contributed by atoms with Gasteiger partial charge in [-0.05, 0) is 72.3 Å². The predicted molar refractivity (Wildman–Crippen MR) is 145 cm³/mol. The molecule has 0 unspecified atom stereocenters. The van der Waals surface area contributed by atoms with Crippen LogP contribution in [0.3, 0.4) is 0 Å². The molecule has 0 aliphatic heterocycles. The van der Waals surface area contributed by atoms with Crippen molar-refractivity contribution in [2.45, 2.75) is 34.7 Å². The summed E-state index contributed by atoms with van der Waals surface area (Å²) in [5, 5.41) is 18.7. The van der Waals surface area contributed by atoms with Crippen LogP contribution in [0.2, 0.25) is 0 Å². The van der Waals surface area contributed by atoms with Crippen LogP contribution in [-0.2, 0) is 29.6 Å². The van der Waals surface area contributed by atoms with E-state index in [1.807, 2.05) is 0 Å². The highest BCUT2D eigenvalue weighted by Gasteiger charge is 2.33. The molecule has 11 nitrogen and oxygen atoms in total. The Hall–Kier alpha value is -2.43. The van der Waals surface area contributed by atoms with Crippen LogP contribution in [0.25, 0.3) is 11.1 Å². The third-order valence-corrected chi connectivity index (χ3v) is 10.0. The fourth-order valence-electron chi connectivity index (χ4n) is 3.82.